The summed E-state index contributed by atoms with van der Waals surface area (Å²) in [6.07, 6.45) is 8.23. The molecule has 2 aromatic heterocycles. The number of amides is 2. The number of hydrogen-bond donors (Lipinski definition) is 1. The zero-order valence-electron chi connectivity index (χ0n) is 17.2. The molecule has 0 aliphatic carbocycles. The average Bonchev–Trinajstić information content (AvgIpc) is 2.71. The minimum Gasteiger partial charge on any atom is -1.00 e. The maximum Gasteiger partial charge on any atom is 0.345 e. The highest BCUT2D eigenvalue weighted by Crippen LogP contribution is 2.15. The van der Waals surface area contributed by atoms with Gasteiger partial charge in [-0.2, -0.15) is 0 Å². The molecule has 30 heavy (non-hydrogen) atoms. The average molecular weight is 472 g/mol. The molecule has 2 heterocycles. The van der Waals surface area contributed by atoms with Gasteiger partial charge < -0.3 is 30.1 Å². The number of pyridine rings is 2. The zero-order chi connectivity index (χ0) is 20.5. The van der Waals surface area contributed by atoms with Crippen LogP contribution in [0.1, 0.15) is 0 Å². The number of carbonyl (C=O) groups is 1. The quantitative estimate of drug-likeness (QED) is 0.336. The van der Waals surface area contributed by atoms with E-state index in [9.17, 15) is 4.79 Å². The molecule has 1 aromatic carbocycles. The smallest absolute Gasteiger partial charge is 0.345 e. The van der Waals surface area contributed by atoms with Crippen LogP contribution in [-0.4, -0.2) is 25.3 Å². The summed E-state index contributed by atoms with van der Waals surface area (Å²) >= 11 is 5.69. The van der Waals surface area contributed by atoms with Crippen LogP contribution in [-0.2, 0) is 18.9 Å². The standard InChI is InChI=1S/C12H14N2.C9H11ClN2O2.2ClH/c1-13-7-3-11(4-8-13)12-5-9-14(2)10-6-12;1-12(14-2)9(13)11-8-5-3-7(10)4-6-8;;/h3-10H,1-2H3;3-6H,1-2H3,(H,11,13);2*1H/q+2;;;/p-2. The first kappa shape index (κ1) is 27.6. The zero-order valence-corrected chi connectivity index (χ0v) is 19.5. The molecule has 0 saturated carbocycles. The van der Waals surface area contributed by atoms with E-state index in [2.05, 4.69) is 54.4 Å². The van der Waals surface area contributed by atoms with Crippen LogP contribution in [0.3, 0.4) is 0 Å². The summed E-state index contributed by atoms with van der Waals surface area (Å²) in [5.41, 5.74) is 3.18. The predicted molar refractivity (Wildman–Crippen MR) is 109 cm³/mol. The van der Waals surface area contributed by atoms with Gasteiger partial charge in [0.25, 0.3) is 0 Å². The van der Waals surface area contributed by atoms with Crippen LogP contribution in [0.25, 0.3) is 11.1 Å². The second kappa shape index (κ2) is 13.8. The van der Waals surface area contributed by atoms with Crippen LogP contribution in [0.2, 0.25) is 5.02 Å². The Morgan fingerprint density at radius 1 is 0.867 bits per heavy atom. The number of carbonyl (C=O) groups excluding carboxylic acids is 1. The Kier molecular flexibility index (Phi) is 12.7. The van der Waals surface area contributed by atoms with Crippen molar-refractivity contribution in [3.63, 3.8) is 0 Å². The first-order valence-electron chi connectivity index (χ1n) is 8.64. The number of anilines is 1. The highest BCUT2D eigenvalue weighted by molar-refractivity contribution is 6.30. The second-order valence-corrected chi connectivity index (χ2v) is 6.56. The molecule has 0 bridgehead atoms. The third-order valence-electron chi connectivity index (χ3n) is 3.95. The minimum absolute atomic E-state index is 0. The maximum atomic E-state index is 11.3. The Hall–Kier alpha value is -2.38. The molecule has 1 N–H and O–H groups in total. The van der Waals surface area contributed by atoms with E-state index in [1.54, 1.807) is 24.3 Å². The summed E-state index contributed by atoms with van der Waals surface area (Å²) in [6.45, 7) is 0. The first-order chi connectivity index (χ1) is 13.4. The summed E-state index contributed by atoms with van der Waals surface area (Å²) in [4.78, 5) is 16.0. The van der Waals surface area contributed by atoms with Gasteiger partial charge in [0.05, 0.1) is 7.11 Å². The van der Waals surface area contributed by atoms with Gasteiger partial charge in [0.1, 0.15) is 14.1 Å². The molecule has 6 nitrogen and oxygen atoms in total. The van der Waals surface area contributed by atoms with Gasteiger partial charge in [-0.05, 0) is 35.4 Å². The van der Waals surface area contributed by atoms with Crippen LogP contribution in [0.15, 0.2) is 73.3 Å². The summed E-state index contributed by atoms with van der Waals surface area (Å²) in [7, 11) is 6.98. The van der Waals surface area contributed by atoms with E-state index in [-0.39, 0.29) is 30.8 Å². The number of nitrogens with zero attached hydrogens (tertiary/aromatic N) is 3. The molecule has 0 saturated heterocycles. The van der Waals surface area contributed by atoms with Crippen LogP contribution < -0.4 is 39.3 Å². The van der Waals surface area contributed by atoms with Crippen molar-refractivity contribution in [3.05, 3.63) is 78.3 Å². The number of aromatic nitrogens is 2. The Balaban J connectivity index is 0.000000526. The maximum absolute atomic E-state index is 11.3. The van der Waals surface area contributed by atoms with Crippen molar-refractivity contribution in [3.8, 4) is 11.1 Å². The van der Waals surface area contributed by atoms with Crippen LogP contribution in [0.5, 0.6) is 0 Å². The highest BCUT2D eigenvalue weighted by atomic mass is 35.5. The molecule has 0 unspecified atom stereocenters. The Morgan fingerprint density at radius 2 is 1.27 bits per heavy atom. The molecular formula is C21H25Cl3N4O2. The van der Waals surface area contributed by atoms with Gasteiger partial charge >= 0.3 is 6.03 Å². The largest absolute Gasteiger partial charge is 1.00 e. The van der Waals surface area contributed by atoms with Crippen molar-refractivity contribution in [1.82, 2.24) is 5.06 Å². The molecule has 0 atom stereocenters. The number of urea groups is 1. The van der Waals surface area contributed by atoms with Crippen LogP contribution >= 0.6 is 11.6 Å². The predicted octanol–water partition coefficient (Wildman–Crippen LogP) is -2.62. The highest BCUT2D eigenvalue weighted by Gasteiger charge is 2.06. The molecule has 162 valence electrons. The summed E-state index contributed by atoms with van der Waals surface area (Å²) in [5.74, 6) is 0. The number of benzene rings is 1. The Labute approximate surface area is 194 Å². The van der Waals surface area contributed by atoms with Crippen molar-refractivity contribution in [1.29, 1.82) is 0 Å². The Morgan fingerprint density at radius 3 is 1.63 bits per heavy atom. The van der Waals surface area contributed by atoms with Gasteiger partial charge in [-0.25, -0.2) is 19.0 Å². The van der Waals surface area contributed by atoms with E-state index in [0.29, 0.717) is 10.7 Å². The minimum atomic E-state index is -0.338. The van der Waals surface area contributed by atoms with Gasteiger partial charge in [-0.3, -0.25) is 4.84 Å². The second-order valence-electron chi connectivity index (χ2n) is 6.12. The number of halogens is 3. The molecule has 0 aliphatic rings. The third-order valence-corrected chi connectivity index (χ3v) is 4.20. The monoisotopic (exact) mass is 470 g/mol. The Bertz CT molecular complexity index is 846. The molecular weight excluding hydrogens is 447 g/mol. The molecule has 2 amide bonds. The van der Waals surface area contributed by atoms with Crippen LogP contribution in [0.4, 0.5) is 10.5 Å². The lowest BCUT2D eigenvalue weighted by Crippen LogP contribution is -3.00. The molecule has 0 radical (unpaired) electrons. The fraction of sp³-hybridized carbons (Fsp3) is 0.190. The fourth-order valence-electron chi connectivity index (χ4n) is 2.21. The lowest BCUT2D eigenvalue weighted by Gasteiger charge is -2.14. The van der Waals surface area contributed by atoms with Gasteiger partial charge in [0.2, 0.25) is 0 Å². The van der Waals surface area contributed by atoms with E-state index < -0.39 is 0 Å². The lowest BCUT2D eigenvalue weighted by atomic mass is 10.1. The fourth-order valence-corrected chi connectivity index (χ4v) is 2.33. The van der Waals surface area contributed by atoms with Crippen LogP contribution in [0, 0.1) is 0 Å². The number of hydrogen-bond acceptors (Lipinski definition) is 2. The van der Waals surface area contributed by atoms with E-state index in [1.807, 2.05) is 23.2 Å². The van der Waals surface area contributed by atoms with E-state index >= 15 is 0 Å². The summed E-state index contributed by atoms with van der Waals surface area (Å²) < 4.78 is 4.07. The molecule has 0 aliphatic heterocycles. The topological polar surface area (TPSA) is 49.3 Å². The van der Waals surface area contributed by atoms with E-state index in [0.717, 1.165) is 5.06 Å². The van der Waals surface area contributed by atoms with E-state index in [4.69, 9.17) is 16.4 Å². The van der Waals surface area contributed by atoms with Crippen molar-refractivity contribution >= 4 is 23.3 Å². The molecule has 0 spiro atoms. The molecule has 9 heteroatoms. The number of aryl methyl sites for hydroxylation is 2. The SMILES string of the molecule is CON(C)C(=O)Nc1ccc(Cl)cc1.C[n+]1ccc(-c2cc[n+](C)cc2)cc1.[Cl-].[Cl-]. The molecule has 3 aromatic rings. The van der Waals surface area contributed by atoms with E-state index in [1.165, 1.54) is 25.3 Å². The number of nitrogens with one attached hydrogen (secondary N) is 1. The summed E-state index contributed by atoms with van der Waals surface area (Å²) in [5, 5.41) is 4.34. The van der Waals surface area contributed by atoms with Crippen molar-refractivity contribution in [2.45, 2.75) is 0 Å². The third kappa shape index (κ3) is 8.97. The molecule has 0 fully saturated rings. The molecule has 3 rings (SSSR count). The first-order valence-corrected chi connectivity index (χ1v) is 9.02. The van der Waals surface area contributed by atoms with Gasteiger partial charge in [0.15, 0.2) is 24.8 Å². The van der Waals surface area contributed by atoms with Gasteiger partial charge in [0, 0.05) is 42.0 Å². The van der Waals surface area contributed by atoms with Crippen molar-refractivity contribution < 1.29 is 43.6 Å². The normalized spacial score (nSPS) is 9.23. The lowest BCUT2D eigenvalue weighted by molar-refractivity contribution is -0.671. The van der Waals surface area contributed by atoms with Gasteiger partial charge in [-0.1, -0.05) is 11.6 Å². The van der Waals surface area contributed by atoms with Gasteiger partial charge in [-0.15, -0.1) is 0 Å². The summed E-state index contributed by atoms with van der Waals surface area (Å²) in [6, 6.07) is 15.0. The number of rotatable bonds is 3. The van der Waals surface area contributed by atoms with Crippen molar-refractivity contribution in [2.75, 3.05) is 19.5 Å². The van der Waals surface area contributed by atoms with Crippen molar-refractivity contribution in [2.24, 2.45) is 14.1 Å². The number of hydroxylamine groups is 2.